The van der Waals surface area contributed by atoms with Gasteiger partial charge in [-0.25, -0.2) is 0 Å². The third-order valence-electron chi connectivity index (χ3n) is 1.82. The van der Waals surface area contributed by atoms with Gasteiger partial charge < -0.3 is 0 Å². The first-order chi connectivity index (χ1) is 7.47. The van der Waals surface area contributed by atoms with Gasteiger partial charge in [0.05, 0.1) is 6.20 Å². The van der Waals surface area contributed by atoms with E-state index in [-0.39, 0.29) is 5.69 Å². The van der Waals surface area contributed by atoms with Crippen LogP contribution in [0.5, 0.6) is 0 Å². The van der Waals surface area contributed by atoms with Crippen molar-refractivity contribution in [2.75, 3.05) is 0 Å². The summed E-state index contributed by atoms with van der Waals surface area (Å²) in [6.07, 6.45) is -2.94. The van der Waals surface area contributed by atoms with Crippen LogP contribution in [0, 0.1) is 0 Å². The molecule has 0 fully saturated rings. The monoisotopic (exact) mass is 229 g/mol. The van der Waals surface area contributed by atoms with Crippen LogP contribution in [0.2, 0.25) is 0 Å². The van der Waals surface area contributed by atoms with E-state index < -0.39 is 11.9 Å². The molecule has 0 aliphatic heterocycles. The molecule has 2 aromatic heterocycles. The fraction of sp³-hybridized carbons (Fsp3) is 0.250. The summed E-state index contributed by atoms with van der Waals surface area (Å²) in [5, 5.41) is 13.9. The quantitative estimate of drug-likeness (QED) is 0.739. The zero-order valence-electron chi connectivity index (χ0n) is 8.10. The molecule has 0 saturated carbocycles. The van der Waals surface area contributed by atoms with Crippen molar-refractivity contribution < 1.29 is 13.2 Å². The van der Waals surface area contributed by atoms with Crippen molar-refractivity contribution in [2.45, 2.75) is 6.18 Å². The van der Waals surface area contributed by atoms with Crippen LogP contribution >= 0.6 is 0 Å². The van der Waals surface area contributed by atoms with Gasteiger partial charge in [-0.3, -0.25) is 4.68 Å². The van der Waals surface area contributed by atoms with Gasteiger partial charge in [-0.05, 0) is 12.1 Å². The Morgan fingerprint density at radius 1 is 1.06 bits per heavy atom. The molecule has 0 aromatic carbocycles. The number of halogens is 3. The fourth-order valence-corrected chi connectivity index (χ4v) is 1.08. The molecule has 0 atom stereocenters. The molecule has 16 heavy (non-hydrogen) atoms. The maximum Gasteiger partial charge on any atom is 0.435 e. The first-order valence-electron chi connectivity index (χ1n) is 4.24. The Labute approximate surface area is 87.9 Å². The smallest absolute Gasteiger partial charge is 0.255 e. The number of hydrogen-bond acceptors (Lipinski definition) is 4. The summed E-state index contributed by atoms with van der Waals surface area (Å²) >= 11 is 0. The van der Waals surface area contributed by atoms with Crippen LogP contribution in [0.4, 0.5) is 13.2 Å². The predicted octanol–water partition coefficient (Wildman–Crippen LogP) is 1.29. The molecule has 0 saturated heterocycles. The Morgan fingerprint density at radius 2 is 1.81 bits per heavy atom. The number of hydrogen-bond donors (Lipinski definition) is 0. The molecular formula is C8H6F3N5. The van der Waals surface area contributed by atoms with Crippen molar-refractivity contribution in [1.29, 1.82) is 0 Å². The highest BCUT2D eigenvalue weighted by molar-refractivity contribution is 5.51. The number of rotatable bonds is 1. The highest BCUT2D eigenvalue weighted by Crippen LogP contribution is 2.27. The zero-order valence-corrected chi connectivity index (χ0v) is 8.10. The second-order valence-electron chi connectivity index (χ2n) is 3.08. The molecule has 0 bridgehead atoms. The van der Waals surface area contributed by atoms with E-state index in [1.165, 1.54) is 16.9 Å². The summed E-state index contributed by atoms with van der Waals surface area (Å²) in [7, 11) is 1.65. The van der Waals surface area contributed by atoms with Gasteiger partial charge in [0.15, 0.2) is 5.69 Å². The Bertz CT molecular complexity index is 487. The lowest BCUT2D eigenvalue weighted by molar-refractivity contribution is -0.141. The predicted molar refractivity (Wildman–Crippen MR) is 47.0 cm³/mol. The van der Waals surface area contributed by atoms with Gasteiger partial charge in [0.2, 0.25) is 0 Å². The molecule has 0 aliphatic carbocycles. The van der Waals surface area contributed by atoms with E-state index in [1.54, 1.807) is 7.05 Å². The van der Waals surface area contributed by atoms with E-state index in [0.29, 0.717) is 5.69 Å². The molecule has 2 rings (SSSR count). The lowest BCUT2D eigenvalue weighted by Crippen LogP contribution is -2.08. The number of aryl methyl sites for hydroxylation is 1. The van der Waals surface area contributed by atoms with Crippen molar-refractivity contribution in [3.05, 3.63) is 24.0 Å². The number of aromatic nitrogens is 5. The summed E-state index contributed by atoms with van der Waals surface area (Å²) in [5.74, 6) is 0. The maximum absolute atomic E-state index is 12.2. The molecule has 2 aromatic rings. The van der Waals surface area contributed by atoms with Crippen molar-refractivity contribution in [3.8, 4) is 11.4 Å². The second-order valence-corrected chi connectivity index (χ2v) is 3.08. The van der Waals surface area contributed by atoms with Gasteiger partial charge in [0.1, 0.15) is 11.4 Å². The minimum Gasteiger partial charge on any atom is -0.255 e. The minimum absolute atomic E-state index is 0.251. The van der Waals surface area contributed by atoms with Crippen LogP contribution in [0.15, 0.2) is 18.3 Å². The molecule has 2 heterocycles. The van der Waals surface area contributed by atoms with Crippen LogP contribution in [0.3, 0.4) is 0 Å². The maximum atomic E-state index is 12.2. The van der Waals surface area contributed by atoms with Crippen molar-refractivity contribution in [1.82, 2.24) is 25.2 Å². The van der Waals surface area contributed by atoms with Gasteiger partial charge >= 0.3 is 6.18 Å². The molecule has 0 unspecified atom stereocenters. The van der Waals surface area contributed by atoms with E-state index in [4.69, 9.17) is 0 Å². The number of alkyl halides is 3. The Morgan fingerprint density at radius 3 is 2.25 bits per heavy atom. The van der Waals surface area contributed by atoms with Gasteiger partial charge in [-0.1, -0.05) is 5.21 Å². The third kappa shape index (κ3) is 2.00. The van der Waals surface area contributed by atoms with Gasteiger partial charge in [0, 0.05) is 7.05 Å². The summed E-state index contributed by atoms with van der Waals surface area (Å²) in [4.78, 5) is 0. The summed E-state index contributed by atoms with van der Waals surface area (Å²) in [5.41, 5.74) is -0.398. The molecule has 84 valence electrons. The average Bonchev–Trinajstić information content (AvgIpc) is 2.64. The van der Waals surface area contributed by atoms with E-state index in [1.807, 2.05) is 0 Å². The van der Waals surface area contributed by atoms with Crippen LogP contribution in [-0.4, -0.2) is 25.2 Å². The average molecular weight is 229 g/mol. The normalized spacial score (nSPS) is 11.8. The molecule has 0 aliphatic rings. The van der Waals surface area contributed by atoms with Gasteiger partial charge in [-0.15, -0.1) is 15.3 Å². The van der Waals surface area contributed by atoms with Gasteiger partial charge in [0.25, 0.3) is 0 Å². The lowest BCUT2D eigenvalue weighted by atomic mass is 10.3. The molecule has 0 N–H and O–H groups in total. The third-order valence-corrected chi connectivity index (χ3v) is 1.82. The van der Waals surface area contributed by atoms with Crippen LogP contribution < -0.4 is 0 Å². The lowest BCUT2D eigenvalue weighted by Gasteiger charge is -2.03. The largest absolute Gasteiger partial charge is 0.435 e. The first-order valence-corrected chi connectivity index (χ1v) is 4.24. The SMILES string of the molecule is Cn1cc(-c2ccc(C(F)(F)F)nn2)nn1. The first kappa shape index (κ1) is 10.5. The molecule has 0 amide bonds. The highest BCUT2D eigenvalue weighted by Gasteiger charge is 2.32. The summed E-state index contributed by atoms with van der Waals surface area (Å²) in [6, 6.07) is 2.07. The molecule has 5 nitrogen and oxygen atoms in total. The second kappa shape index (κ2) is 3.54. The molecule has 0 spiro atoms. The van der Waals surface area contributed by atoms with E-state index >= 15 is 0 Å². The fourth-order valence-electron chi connectivity index (χ4n) is 1.08. The van der Waals surface area contributed by atoms with E-state index in [9.17, 15) is 13.2 Å². The highest BCUT2D eigenvalue weighted by atomic mass is 19.4. The van der Waals surface area contributed by atoms with Crippen molar-refractivity contribution in [2.24, 2.45) is 7.05 Å². The Balaban J connectivity index is 2.33. The van der Waals surface area contributed by atoms with Crippen LogP contribution in [-0.2, 0) is 13.2 Å². The number of nitrogens with zero attached hydrogens (tertiary/aromatic N) is 5. The molecular weight excluding hydrogens is 223 g/mol. The standard InChI is InChI=1S/C8H6F3N5/c1-16-4-6(13-15-16)5-2-3-7(14-12-5)8(9,10)11/h2-4H,1H3. The molecule has 8 heteroatoms. The van der Waals surface area contributed by atoms with Crippen LogP contribution in [0.25, 0.3) is 11.4 Å². The Kier molecular flexibility index (Phi) is 2.33. The van der Waals surface area contributed by atoms with E-state index in [0.717, 1.165) is 6.07 Å². The van der Waals surface area contributed by atoms with Crippen molar-refractivity contribution >= 4 is 0 Å². The summed E-state index contributed by atoms with van der Waals surface area (Å²) in [6.45, 7) is 0. The topological polar surface area (TPSA) is 56.5 Å². The zero-order chi connectivity index (χ0) is 11.8. The van der Waals surface area contributed by atoms with Crippen LogP contribution in [0.1, 0.15) is 5.69 Å². The van der Waals surface area contributed by atoms with E-state index in [2.05, 4.69) is 20.5 Å². The Hall–Kier alpha value is -1.99. The van der Waals surface area contributed by atoms with Crippen molar-refractivity contribution in [3.63, 3.8) is 0 Å². The minimum atomic E-state index is -4.48. The molecule has 0 radical (unpaired) electrons. The summed E-state index contributed by atoms with van der Waals surface area (Å²) < 4.78 is 38.0. The van der Waals surface area contributed by atoms with Gasteiger partial charge in [-0.2, -0.15) is 13.2 Å².